The Morgan fingerprint density at radius 2 is 1.85 bits per heavy atom. The van der Waals surface area contributed by atoms with Crippen LogP contribution in [-0.4, -0.2) is 49.7 Å². The number of hydrogen-bond acceptors (Lipinski definition) is 4. The molecule has 0 radical (unpaired) electrons. The Labute approximate surface area is 191 Å². The van der Waals surface area contributed by atoms with E-state index in [-0.39, 0.29) is 19.5 Å². The van der Waals surface area contributed by atoms with E-state index < -0.39 is 40.9 Å². The Bertz CT molecular complexity index is 1280. The zero-order valence-electron chi connectivity index (χ0n) is 18.0. The molecular weight excluding hydrogens is 456 g/mol. The molecule has 0 spiro atoms. The summed E-state index contributed by atoms with van der Waals surface area (Å²) in [7, 11) is 0. The van der Waals surface area contributed by atoms with Crippen molar-refractivity contribution in [1.82, 2.24) is 19.7 Å². The van der Waals surface area contributed by atoms with E-state index in [1.807, 2.05) is 0 Å². The number of rotatable bonds is 6. The van der Waals surface area contributed by atoms with Crippen LogP contribution in [0.4, 0.5) is 17.6 Å². The lowest BCUT2D eigenvalue weighted by Crippen LogP contribution is -2.69. The van der Waals surface area contributed by atoms with Gasteiger partial charge in [-0.25, -0.2) is 14.1 Å². The number of aromatic nitrogens is 3. The number of amides is 1. The quantitative estimate of drug-likeness (QED) is 0.425. The van der Waals surface area contributed by atoms with E-state index >= 15 is 0 Å². The average Bonchev–Trinajstić information content (AvgIpc) is 3.14. The number of nitrogens with zero attached hydrogens (tertiary/aromatic N) is 4. The molecular formula is C23H20F4N4O3. The van der Waals surface area contributed by atoms with Gasteiger partial charge in [-0.1, -0.05) is 25.6 Å². The number of aliphatic carboxylic acids is 1. The molecule has 1 fully saturated rings. The molecule has 1 N–H and O–H groups in total. The number of hydrogen-bond donors (Lipinski definition) is 1. The monoisotopic (exact) mass is 476 g/mol. The molecule has 2 aromatic heterocycles. The molecule has 0 aliphatic carbocycles. The van der Waals surface area contributed by atoms with Gasteiger partial charge >= 0.3 is 12.1 Å². The predicted octanol–water partition coefficient (Wildman–Crippen LogP) is 4.25. The lowest BCUT2D eigenvalue weighted by Gasteiger charge is -2.52. The molecule has 0 saturated carbocycles. The van der Waals surface area contributed by atoms with E-state index in [1.165, 1.54) is 23.0 Å². The Morgan fingerprint density at radius 3 is 2.38 bits per heavy atom. The molecule has 178 valence electrons. The van der Waals surface area contributed by atoms with E-state index in [2.05, 4.69) is 16.7 Å². The summed E-state index contributed by atoms with van der Waals surface area (Å²) in [6.45, 7) is 4.40. The van der Waals surface area contributed by atoms with Crippen molar-refractivity contribution in [3.05, 3.63) is 60.6 Å². The van der Waals surface area contributed by atoms with Crippen LogP contribution in [0.1, 0.15) is 18.9 Å². The predicted molar refractivity (Wildman–Crippen MR) is 114 cm³/mol. The summed E-state index contributed by atoms with van der Waals surface area (Å²) in [6, 6.07) is 7.76. The summed E-state index contributed by atoms with van der Waals surface area (Å²) >= 11 is 0. The Hall–Kier alpha value is -3.76. The highest BCUT2D eigenvalue weighted by molar-refractivity contribution is 5.93. The molecule has 3 heterocycles. The normalized spacial score (nSPS) is 16.2. The van der Waals surface area contributed by atoms with Crippen molar-refractivity contribution in [3.63, 3.8) is 0 Å². The van der Waals surface area contributed by atoms with Gasteiger partial charge in [0.2, 0.25) is 0 Å². The first-order valence-electron chi connectivity index (χ1n) is 10.4. The SMILES string of the molecule is C=C(F)C(=O)N1CC(C(CC)C(=O)O)(n2nc(-c3ccc(C(F)(F)F)cc3)c3cccnc32)C1. The second-order valence-electron chi connectivity index (χ2n) is 8.18. The minimum Gasteiger partial charge on any atom is -0.481 e. The van der Waals surface area contributed by atoms with Crippen LogP contribution in [0.5, 0.6) is 0 Å². The topological polar surface area (TPSA) is 88.3 Å². The first kappa shape index (κ1) is 23.4. The molecule has 1 saturated heterocycles. The third-order valence-electron chi connectivity index (χ3n) is 6.15. The minimum atomic E-state index is -4.50. The summed E-state index contributed by atoms with van der Waals surface area (Å²) in [4.78, 5) is 29.7. The minimum absolute atomic E-state index is 0.139. The number of pyridine rings is 1. The Balaban J connectivity index is 1.86. The van der Waals surface area contributed by atoms with Crippen LogP contribution in [-0.2, 0) is 21.3 Å². The first-order valence-corrected chi connectivity index (χ1v) is 10.4. The van der Waals surface area contributed by atoms with Gasteiger partial charge in [0.15, 0.2) is 11.5 Å². The van der Waals surface area contributed by atoms with Gasteiger partial charge in [-0.15, -0.1) is 0 Å². The van der Waals surface area contributed by atoms with Crippen LogP contribution in [0.3, 0.4) is 0 Å². The molecule has 1 aromatic carbocycles. The Kier molecular flexibility index (Phi) is 5.66. The lowest BCUT2D eigenvalue weighted by molar-refractivity contribution is -0.159. The fourth-order valence-corrected chi connectivity index (χ4v) is 4.51. The molecule has 11 heteroatoms. The van der Waals surface area contributed by atoms with Crippen LogP contribution in [0.25, 0.3) is 22.3 Å². The number of alkyl halides is 3. The molecule has 34 heavy (non-hydrogen) atoms. The van der Waals surface area contributed by atoms with Crippen LogP contribution in [0.2, 0.25) is 0 Å². The molecule has 4 rings (SSSR count). The maximum absolute atomic E-state index is 13.4. The second kappa shape index (κ2) is 8.23. The van der Waals surface area contributed by atoms with Crippen molar-refractivity contribution < 1.29 is 32.3 Å². The van der Waals surface area contributed by atoms with Crippen molar-refractivity contribution in [3.8, 4) is 11.3 Å². The highest BCUT2D eigenvalue weighted by Crippen LogP contribution is 2.42. The number of benzene rings is 1. The van der Waals surface area contributed by atoms with Gasteiger partial charge in [0.05, 0.1) is 11.5 Å². The molecule has 1 unspecified atom stereocenters. The summed E-state index contributed by atoms with van der Waals surface area (Å²) in [5, 5.41) is 15.0. The number of carbonyl (C=O) groups excluding carboxylic acids is 1. The summed E-state index contributed by atoms with van der Waals surface area (Å²) < 4.78 is 53.9. The summed E-state index contributed by atoms with van der Waals surface area (Å²) in [5.41, 5.74) is -1.04. The van der Waals surface area contributed by atoms with E-state index in [9.17, 15) is 32.3 Å². The molecule has 7 nitrogen and oxygen atoms in total. The number of carboxylic acids is 1. The standard InChI is InChI=1S/C23H20F4N4O3/c1-3-17(21(33)34)22(11-30(12-22)20(32)13(2)24)31-19-16(5-4-10-28-19)18(29-31)14-6-8-15(9-7-14)23(25,26)27/h4-10,17H,2-3,11-12H2,1H3,(H,33,34). The van der Waals surface area contributed by atoms with Gasteiger partial charge in [-0.3, -0.25) is 9.59 Å². The number of halogens is 4. The highest BCUT2D eigenvalue weighted by Gasteiger charge is 2.56. The second-order valence-corrected chi connectivity index (χ2v) is 8.18. The zero-order valence-corrected chi connectivity index (χ0v) is 18.0. The maximum Gasteiger partial charge on any atom is 0.416 e. The molecule has 3 aromatic rings. The summed E-state index contributed by atoms with van der Waals surface area (Å²) in [6.07, 6.45) is -2.82. The third kappa shape index (κ3) is 3.70. The van der Waals surface area contributed by atoms with Gasteiger partial charge < -0.3 is 10.0 Å². The first-order chi connectivity index (χ1) is 16.0. The maximum atomic E-state index is 13.4. The van der Waals surface area contributed by atoms with E-state index in [4.69, 9.17) is 0 Å². The van der Waals surface area contributed by atoms with Gasteiger partial charge in [-0.2, -0.15) is 18.3 Å². The van der Waals surface area contributed by atoms with Crippen LogP contribution >= 0.6 is 0 Å². The molecule has 1 amide bonds. The van der Waals surface area contributed by atoms with Gasteiger partial charge in [0.1, 0.15) is 11.2 Å². The van der Waals surface area contributed by atoms with Crippen molar-refractivity contribution in [1.29, 1.82) is 0 Å². The third-order valence-corrected chi connectivity index (χ3v) is 6.15. The smallest absolute Gasteiger partial charge is 0.416 e. The number of carboxylic acid groups (broad SMARTS) is 1. The molecule has 0 bridgehead atoms. The van der Waals surface area contributed by atoms with Crippen molar-refractivity contribution in [2.45, 2.75) is 25.1 Å². The summed E-state index contributed by atoms with van der Waals surface area (Å²) in [5.74, 6) is -4.21. The zero-order chi connectivity index (χ0) is 24.8. The van der Waals surface area contributed by atoms with Gasteiger partial charge in [0.25, 0.3) is 5.91 Å². The Morgan fingerprint density at radius 1 is 1.21 bits per heavy atom. The molecule has 1 atom stereocenters. The number of carbonyl (C=O) groups is 2. The fourth-order valence-electron chi connectivity index (χ4n) is 4.51. The lowest BCUT2D eigenvalue weighted by atomic mass is 9.75. The van der Waals surface area contributed by atoms with Crippen LogP contribution in [0.15, 0.2) is 55.0 Å². The largest absolute Gasteiger partial charge is 0.481 e. The van der Waals surface area contributed by atoms with Crippen LogP contribution < -0.4 is 0 Å². The molecule has 1 aliphatic rings. The van der Waals surface area contributed by atoms with Crippen molar-refractivity contribution in [2.24, 2.45) is 5.92 Å². The average molecular weight is 476 g/mol. The fraction of sp³-hybridized carbons (Fsp3) is 0.304. The highest BCUT2D eigenvalue weighted by atomic mass is 19.4. The van der Waals surface area contributed by atoms with E-state index in [0.29, 0.717) is 22.3 Å². The molecule has 1 aliphatic heterocycles. The van der Waals surface area contributed by atoms with Gasteiger partial charge in [0, 0.05) is 30.2 Å². The number of likely N-dealkylation sites (tertiary alicyclic amines) is 1. The van der Waals surface area contributed by atoms with E-state index in [0.717, 1.165) is 17.0 Å². The van der Waals surface area contributed by atoms with Crippen LogP contribution in [0, 0.1) is 5.92 Å². The van der Waals surface area contributed by atoms with Crippen molar-refractivity contribution >= 4 is 22.9 Å². The van der Waals surface area contributed by atoms with Gasteiger partial charge in [-0.05, 0) is 30.7 Å². The van der Waals surface area contributed by atoms with Crippen molar-refractivity contribution in [2.75, 3.05) is 13.1 Å². The number of fused-ring (bicyclic) bond motifs is 1. The van der Waals surface area contributed by atoms with E-state index in [1.54, 1.807) is 19.1 Å².